The summed E-state index contributed by atoms with van der Waals surface area (Å²) in [6, 6.07) is 0. The van der Waals surface area contributed by atoms with Gasteiger partial charge in [-0.05, 0) is 125 Å². The Morgan fingerprint density at radius 1 is 0.915 bits per heavy atom. The van der Waals surface area contributed by atoms with E-state index >= 15 is 0 Å². The number of carboxylic acid groups (broad SMARTS) is 1. The summed E-state index contributed by atoms with van der Waals surface area (Å²) in [5.41, 5.74) is 3.75. The zero-order valence-electron chi connectivity index (χ0n) is 31.8. The quantitative estimate of drug-likeness (QED) is 0.160. The first-order chi connectivity index (χ1) is 21.6. The molecule has 0 aromatic rings. The van der Waals surface area contributed by atoms with Gasteiger partial charge < -0.3 is 14.7 Å². The molecule has 5 aliphatic carbocycles. The Kier molecular flexibility index (Phi) is 9.05. The number of hydrogen-bond donors (Lipinski definition) is 1. The first-order valence-electron chi connectivity index (χ1n) is 18.6. The zero-order valence-corrected chi connectivity index (χ0v) is 31.8. The molecule has 7 unspecified atom stereocenters. The van der Waals surface area contributed by atoms with Crippen molar-refractivity contribution < 1.29 is 24.2 Å². The highest BCUT2D eigenvalue weighted by Gasteiger charge is 2.70. The van der Waals surface area contributed by atoms with E-state index in [-0.39, 0.29) is 51.4 Å². The van der Waals surface area contributed by atoms with Crippen LogP contribution in [0, 0.1) is 56.2 Å². The van der Waals surface area contributed by atoms with Crippen molar-refractivity contribution in [3.63, 3.8) is 0 Å². The number of rotatable bonds is 8. The van der Waals surface area contributed by atoms with Crippen molar-refractivity contribution >= 4 is 17.7 Å². The molecule has 8 atom stereocenters. The second-order valence-corrected chi connectivity index (χ2v) is 19.0. The van der Waals surface area contributed by atoms with Gasteiger partial charge in [0.1, 0.15) is 6.10 Å². The number of esters is 1. The molecular weight excluding hydrogens is 586 g/mol. The van der Waals surface area contributed by atoms with Crippen LogP contribution in [-0.2, 0) is 19.1 Å². The summed E-state index contributed by atoms with van der Waals surface area (Å²) >= 11 is 0. The number of aliphatic carboxylic acids is 1. The third kappa shape index (κ3) is 5.36. The average molecular weight is 652 g/mol. The van der Waals surface area contributed by atoms with Gasteiger partial charge in [0.05, 0.1) is 11.8 Å². The number of ether oxygens (including phenoxy) is 1. The molecule has 264 valence electrons. The lowest BCUT2D eigenvalue weighted by molar-refractivity contribution is -0.233. The fourth-order valence-electron chi connectivity index (χ4n) is 12.8. The van der Waals surface area contributed by atoms with E-state index in [2.05, 4.69) is 67.5 Å². The number of carboxylic acids is 1. The maximum absolute atomic E-state index is 13.1. The number of carbonyl (C=O) groups is 3. The zero-order chi connectivity index (χ0) is 35.1. The van der Waals surface area contributed by atoms with E-state index in [0.717, 1.165) is 38.5 Å². The molecule has 0 saturated heterocycles. The smallest absolute Gasteiger partial charge is 0.309 e. The van der Waals surface area contributed by atoms with Crippen LogP contribution in [0.3, 0.4) is 0 Å². The summed E-state index contributed by atoms with van der Waals surface area (Å²) in [5.74, 6) is 0.845. The van der Waals surface area contributed by atoms with Crippen LogP contribution >= 0.6 is 0 Å². The Morgan fingerprint density at radius 3 is 2.15 bits per heavy atom. The molecule has 6 nitrogen and oxygen atoms in total. The van der Waals surface area contributed by atoms with Crippen LogP contribution < -0.4 is 0 Å². The molecule has 5 rings (SSSR count). The van der Waals surface area contributed by atoms with Crippen LogP contribution in [0.25, 0.3) is 0 Å². The number of nitrogens with zero attached hydrogens (tertiary/aromatic N) is 1. The number of allylic oxidation sites excluding steroid dienone is 3. The van der Waals surface area contributed by atoms with E-state index in [1.54, 1.807) is 31.9 Å². The van der Waals surface area contributed by atoms with Crippen LogP contribution in [0.4, 0.5) is 0 Å². The van der Waals surface area contributed by atoms with Gasteiger partial charge in [-0.1, -0.05) is 59.6 Å². The van der Waals surface area contributed by atoms with Gasteiger partial charge in [-0.15, -0.1) is 0 Å². The molecule has 0 heterocycles. The van der Waals surface area contributed by atoms with Gasteiger partial charge in [0.2, 0.25) is 0 Å². The van der Waals surface area contributed by atoms with E-state index in [9.17, 15) is 19.5 Å². The van der Waals surface area contributed by atoms with Crippen molar-refractivity contribution in [1.82, 2.24) is 4.90 Å². The molecular formula is C41H65NO5. The third-order valence-electron chi connectivity index (χ3n) is 15.4. The van der Waals surface area contributed by atoms with E-state index in [0.29, 0.717) is 23.7 Å². The lowest BCUT2D eigenvalue weighted by Gasteiger charge is -2.72. The molecule has 4 fully saturated rings. The fourth-order valence-corrected chi connectivity index (χ4v) is 12.8. The van der Waals surface area contributed by atoms with Gasteiger partial charge in [-0.25, -0.2) is 0 Å². The minimum atomic E-state index is -1.14. The highest BCUT2D eigenvalue weighted by Crippen LogP contribution is 2.77. The summed E-state index contributed by atoms with van der Waals surface area (Å²) in [6.45, 7) is 22.1. The summed E-state index contributed by atoms with van der Waals surface area (Å²) in [7, 11) is 4.26. The number of ketones is 1. The van der Waals surface area contributed by atoms with Crippen LogP contribution in [0.2, 0.25) is 0 Å². The first-order valence-corrected chi connectivity index (χ1v) is 18.6. The molecule has 0 aromatic heterocycles. The van der Waals surface area contributed by atoms with Crippen molar-refractivity contribution in [2.75, 3.05) is 14.1 Å². The van der Waals surface area contributed by atoms with Gasteiger partial charge in [-0.3, -0.25) is 14.4 Å². The molecule has 1 N–H and O–H groups in total. The van der Waals surface area contributed by atoms with Gasteiger partial charge in [0, 0.05) is 36.7 Å². The first kappa shape index (κ1) is 36.2. The van der Waals surface area contributed by atoms with Crippen molar-refractivity contribution in [1.29, 1.82) is 0 Å². The lowest BCUT2D eigenvalue weighted by Crippen LogP contribution is -2.66. The van der Waals surface area contributed by atoms with Gasteiger partial charge in [-0.2, -0.15) is 0 Å². The summed E-state index contributed by atoms with van der Waals surface area (Å²) in [4.78, 5) is 39.6. The Balaban J connectivity index is 1.48. The highest BCUT2D eigenvalue weighted by atomic mass is 16.5. The predicted molar refractivity (Wildman–Crippen MR) is 187 cm³/mol. The summed E-state index contributed by atoms with van der Waals surface area (Å²) in [5, 5.41) is 9.59. The van der Waals surface area contributed by atoms with Gasteiger partial charge in [0.25, 0.3) is 0 Å². The van der Waals surface area contributed by atoms with E-state index < -0.39 is 11.4 Å². The lowest BCUT2D eigenvalue weighted by atomic mass is 9.33. The number of hydrogen-bond acceptors (Lipinski definition) is 5. The van der Waals surface area contributed by atoms with E-state index in [1.165, 1.54) is 31.4 Å². The molecule has 5 aliphatic rings. The monoisotopic (exact) mass is 651 g/mol. The largest absolute Gasteiger partial charge is 0.481 e. The maximum atomic E-state index is 13.1. The molecule has 4 saturated carbocycles. The van der Waals surface area contributed by atoms with Crippen molar-refractivity contribution in [2.45, 2.75) is 146 Å². The SMILES string of the molecule is CC(=O)/C=C(\N(C)C)C12CCC(C(C)C)=C1C1CCC3C4(C)CCC(OC(=O)CC(C)(C)C(=O)O)C(C)(C)C4CCC3(C)[C@]1(C)CC2. The van der Waals surface area contributed by atoms with Crippen molar-refractivity contribution in [3.05, 3.63) is 22.9 Å². The van der Waals surface area contributed by atoms with Gasteiger partial charge in [0.15, 0.2) is 5.78 Å². The minimum Gasteiger partial charge on any atom is -0.481 e. The Hall–Kier alpha value is -2.11. The molecule has 0 aromatic carbocycles. The normalized spacial score (nSPS) is 39.8. The Bertz CT molecular complexity index is 1370. The van der Waals surface area contributed by atoms with Crippen LogP contribution in [0.1, 0.15) is 140 Å². The van der Waals surface area contributed by atoms with Crippen LogP contribution in [-0.4, -0.2) is 47.9 Å². The van der Waals surface area contributed by atoms with E-state index in [4.69, 9.17) is 4.74 Å². The number of fused-ring (bicyclic) bond motifs is 7. The molecule has 6 heteroatoms. The minimum absolute atomic E-state index is 0.0393. The molecule has 0 spiro atoms. The van der Waals surface area contributed by atoms with Crippen molar-refractivity contribution in [2.24, 2.45) is 56.2 Å². The molecule has 0 aliphatic heterocycles. The molecule has 0 bridgehead atoms. The maximum Gasteiger partial charge on any atom is 0.309 e. The predicted octanol–water partition coefficient (Wildman–Crippen LogP) is 9.24. The topological polar surface area (TPSA) is 83.9 Å². The second kappa shape index (κ2) is 11.8. The fraction of sp³-hybridized carbons (Fsp3) is 0.829. The molecule has 47 heavy (non-hydrogen) atoms. The Labute approximate surface area is 285 Å². The van der Waals surface area contributed by atoms with Crippen LogP contribution in [0.5, 0.6) is 0 Å². The molecule has 0 amide bonds. The van der Waals surface area contributed by atoms with Crippen LogP contribution in [0.15, 0.2) is 22.9 Å². The number of carbonyl (C=O) groups excluding carboxylic acids is 2. The standard InChI is InChI=1S/C41H65NO5/c1-25(2)27-15-20-41(31(42(11)12)23-26(3)43)22-21-39(9)28(34(27)41)13-14-30-38(8)18-17-32(47-33(44)24-36(4,5)35(45)46)37(6,7)29(38)16-19-40(30,39)10/h23,25,28-30,32H,13-22,24H2,1-12H3,(H,45,46)/b31-23-/t28?,29?,30?,32?,38?,39-,40?,41?/m1/s1. The highest BCUT2D eigenvalue weighted by molar-refractivity contribution is 5.88. The van der Waals surface area contributed by atoms with E-state index in [1.807, 2.05) is 6.08 Å². The Morgan fingerprint density at radius 2 is 1.57 bits per heavy atom. The van der Waals surface area contributed by atoms with Crippen molar-refractivity contribution in [3.8, 4) is 0 Å². The van der Waals surface area contributed by atoms with Gasteiger partial charge >= 0.3 is 11.9 Å². The summed E-state index contributed by atoms with van der Waals surface area (Å²) in [6.07, 6.45) is 12.8. The molecule has 0 radical (unpaired) electrons. The average Bonchev–Trinajstić information content (AvgIpc) is 3.34. The second-order valence-electron chi connectivity index (χ2n) is 19.0. The summed E-state index contributed by atoms with van der Waals surface area (Å²) < 4.78 is 6.17. The third-order valence-corrected chi connectivity index (χ3v) is 15.4.